The molecule has 5 nitrogen and oxygen atoms in total. The van der Waals surface area contributed by atoms with Crippen molar-refractivity contribution < 1.29 is 12.8 Å². The van der Waals surface area contributed by atoms with Crippen LogP contribution in [0.3, 0.4) is 0 Å². The fraction of sp³-hybridized carbons (Fsp3) is 0.222. The van der Waals surface area contributed by atoms with Crippen LogP contribution in [0.25, 0.3) is 11.3 Å². The molecule has 4 rings (SSSR count). The maximum Gasteiger partial charge on any atom is 0.192 e. The smallest absolute Gasteiger partial charge is 0.192 e. The lowest BCUT2D eigenvalue weighted by Gasteiger charge is -2.05. The van der Waals surface area contributed by atoms with E-state index in [0.717, 1.165) is 29.6 Å². The zero-order chi connectivity index (χ0) is 16.7. The first-order chi connectivity index (χ1) is 11.5. The lowest BCUT2D eigenvalue weighted by atomic mass is 10.1. The second kappa shape index (κ2) is 5.56. The maximum atomic E-state index is 11.5. The van der Waals surface area contributed by atoms with Crippen LogP contribution in [0.15, 0.2) is 64.6 Å². The van der Waals surface area contributed by atoms with Gasteiger partial charge in [0.05, 0.1) is 18.2 Å². The maximum absolute atomic E-state index is 11.5. The highest BCUT2D eigenvalue weighted by molar-refractivity contribution is 7.90. The van der Waals surface area contributed by atoms with Crippen LogP contribution in [-0.2, 0) is 9.84 Å². The molecule has 122 valence electrons. The third kappa shape index (κ3) is 2.85. The number of rotatable bonds is 4. The Kier molecular flexibility index (Phi) is 3.49. The van der Waals surface area contributed by atoms with Crippen LogP contribution in [0.5, 0.6) is 0 Å². The fourth-order valence-electron chi connectivity index (χ4n) is 2.95. The molecule has 3 aromatic rings. The minimum absolute atomic E-state index is 0.0737. The predicted octanol–water partition coefficient (Wildman–Crippen LogP) is 3.41. The second-order valence-electron chi connectivity index (χ2n) is 6.11. The number of nitrogens with zero attached hydrogens (tertiary/aromatic N) is 2. The summed E-state index contributed by atoms with van der Waals surface area (Å²) in [4.78, 5) is 8.77. The molecule has 3 heterocycles. The molecule has 0 spiro atoms. The summed E-state index contributed by atoms with van der Waals surface area (Å²) in [5.41, 5.74) is 3.87. The van der Waals surface area contributed by atoms with E-state index in [9.17, 15) is 8.42 Å². The van der Waals surface area contributed by atoms with Crippen molar-refractivity contribution in [1.82, 2.24) is 9.97 Å². The highest BCUT2D eigenvalue weighted by Gasteiger charge is 2.41. The topological polar surface area (TPSA) is 73.1 Å². The fourth-order valence-corrected chi connectivity index (χ4v) is 3.51. The minimum Gasteiger partial charge on any atom is -0.472 e. The molecule has 2 atom stereocenters. The summed E-state index contributed by atoms with van der Waals surface area (Å²) in [6.45, 7) is 0. The Hall–Kier alpha value is -2.47. The van der Waals surface area contributed by atoms with Gasteiger partial charge in [-0.2, -0.15) is 0 Å². The third-order valence-electron chi connectivity index (χ3n) is 4.32. The first kappa shape index (κ1) is 15.1. The lowest BCUT2D eigenvalue weighted by molar-refractivity contribution is 0.564. The van der Waals surface area contributed by atoms with Crippen molar-refractivity contribution in [2.45, 2.75) is 23.3 Å². The Labute approximate surface area is 140 Å². The first-order valence-electron chi connectivity index (χ1n) is 7.68. The number of hydrogen-bond donors (Lipinski definition) is 0. The van der Waals surface area contributed by atoms with Crippen molar-refractivity contribution in [3.05, 3.63) is 66.4 Å². The third-order valence-corrected chi connectivity index (χ3v) is 5.33. The average molecular weight is 340 g/mol. The Morgan fingerprint density at radius 1 is 1.12 bits per heavy atom. The largest absolute Gasteiger partial charge is 0.472 e. The standard InChI is InChI=1S/C18H16N2O3S/c1-24(21,22)18-6-5-12(10-19-18)16-3-2-4-17(20-16)15-9-14(15)13-7-8-23-11-13/h2-8,10-11,14-15H,9H2,1H3. The Balaban J connectivity index is 1.59. The molecule has 1 aliphatic carbocycles. The molecule has 0 saturated heterocycles. The van der Waals surface area contributed by atoms with Crippen molar-refractivity contribution in [2.75, 3.05) is 6.26 Å². The zero-order valence-corrected chi connectivity index (χ0v) is 13.9. The molecular weight excluding hydrogens is 324 g/mol. The van der Waals surface area contributed by atoms with Crippen LogP contribution >= 0.6 is 0 Å². The van der Waals surface area contributed by atoms with Crippen molar-refractivity contribution >= 4 is 9.84 Å². The van der Waals surface area contributed by atoms with Gasteiger partial charge in [0.15, 0.2) is 14.9 Å². The van der Waals surface area contributed by atoms with Gasteiger partial charge in [-0.1, -0.05) is 6.07 Å². The van der Waals surface area contributed by atoms with Gasteiger partial charge in [-0.3, -0.25) is 4.98 Å². The minimum atomic E-state index is -3.29. The summed E-state index contributed by atoms with van der Waals surface area (Å²) in [5, 5.41) is 0.0737. The predicted molar refractivity (Wildman–Crippen MR) is 89.4 cm³/mol. The van der Waals surface area contributed by atoms with Gasteiger partial charge in [0.25, 0.3) is 0 Å². The van der Waals surface area contributed by atoms with Crippen LogP contribution in [0.2, 0.25) is 0 Å². The summed E-state index contributed by atoms with van der Waals surface area (Å²) in [6, 6.07) is 11.2. The molecule has 0 radical (unpaired) electrons. The molecular formula is C18H16N2O3S. The molecule has 1 saturated carbocycles. The summed E-state index contributed by atoms with van der Waals surface area (Å²) in [7, 11) is -3.29. The van der Waals surface area contributed by atoms with E-state index in [1.165, 1.54) is 11.6 Å². The van der Waals surface area contributed by atoms with E-state index in [1.54, 1.807) is 24.8 Å². The van der Waals surface area contributed by atoms with E-state index < -0.39 is 9.84 Å². The van der Waals surface area contributed by atoms with E-state index >= 15 is 0 Å². The molecule has 0 aliphatic heterocycles. The number of hydrogen-bond acceptors (Lipinski definition) is 5. The number of pyridine rings is 2. The lowest BCUT2D eigenvalue weighted by Crippen LogP contribution is -2.00. The molecule has 1 fully saturated rings. The quantitative estimate of drug-likeness (QED) is 0.728. The van der Waals surface area contributed by atoms with E-state index in [0.29, 0.717) is 11.8 Å². The van der Waals surface area contributed by atoms with Crippen LogP contribution < -0.4 is 0 Å². The summed E-state index contributed by atoms with van der Waals surface area (Å²) in [6.07, 6.45) is 7.27. The second-order valence-corrected chi connectivity index (χ2v) is 8.07. The molecule has 0 amide bonds. The van der Waals surface area contributed by atoms with Crippen molar-refractivity contribution in [3.8, 4) is 11.3 Å². The highest BCUT2D eigenvalue weighted by Crippen LogP contribution is 2.54. The van der Waals surface area contributed by atoms with Gasteiger partial charge in [-0.15, -0.1) is 0 Å². The molecule has 1 aliphatic rings. The molecule has 0 N–H and O–H groups in total. The number of sulfone groups is 1. The van der Waals surface area contributed by atoms with Crippen LogP contribution in [0.4, 0.5) is 0 Å². The summed E-state index contributed by atoms with van der Waals surface area (Å²) in [5.74, 6) is 0.878. The Morgan fingerprint density at radius 2 is 2.00 bits per heavy atom. The van der Waals surface area contributed by atoms with E-state index in [1.807, 2.05) is 24.3 Å². The van der Waals surface area contributed by atoms with Crippen molar-refractivity contribution in [1.29, 1.82) is 0 Å². The molecule has 2 unspecified atom stereocenters. The van der Waals surface area contributed by atoms with E-state index in [2.05, 4.69) is 4.98 Å². The number of aromatic nitrogens is 2. The van der Waals surface area contributed by atoms with Crippen LogP contribution in [0, 0.1) is 0 Å². The monoisotopic (exact) mass is 340 g/mol. The molecule has 0 bridgehead atoms. The Bertz CT molecular complexity index is 964. The van der Waals surface area contributed by atoms with Gasteiger partial charge in [-0.25, -0.2) is 13.4 Å². The van der Waals surface area contributed by atoms with E-state index in [4.69, 9.17) is 9.40 Å². The summed E-state index contributed by atoms with van der Waals surface area (Å²) < 4.78 is 28.1. The van der Waals surface area contributed by atoms with Gasteiger partial charge >= 0.3 is 0 Å². The summed E-state index contributed by atoms with van der Waals surface area (Å²) >= 11 is 0. The van der Waals surface area contributed by atoms with Gasteiger partial charge < -0.3 is 4.42 Å². The number of furan rings is 1. The van der Waals surface area contributed by atoms with Gasteiger partial charge in [-0.05, 0) is 48.2 Å². The van der Waals surface area contributed by atoms with Crippen molar-refractivity contribution in [2.24, 2.45) is 0 Å². The van der Waals surface area contributed by atoms with E-state index in [-0.39, 0.29) is 5.03 Å². The highest BCUT2D eigenvalue weighted by atomic mass is 32.2. The van der Waals surface area contributed by atoms with Crippen molar-refractivity contribution in [3.63, 3.8) is 0 Å². The van der Waals surface area contributed by atoms with Gasteiger partial charge in [0, 0.05) is 29.6 Å². The molecule has 6 heteroatoms. The van der Waals surface area contributed by atoms with Gasteiger partial charge in [0.2, 0.25) is 0 Å². The average Bonchev–Trinajstić information content (AvgIpc) is 3.20. The first-order valence-corrected chi connectivity index (χ1v) is 9.57. The molecule has 0 aromatic carbocycles. The molecule has 24 heavy (non-hydrogen) atoms. The van der Waals surface area contributed by atoms with Crippen LogP contribution in [0.1, 0.15) is 29.5 Å². The SMILES string of the molecule is CS(=O)(=O)c1ccc(-c2cccc(C3CC3c3ccoc3)n2)cn1. The zero-order valence-electron chi connectivity index (χ0n) is 13.1. The van der Waals surface area contributed by atoms with Gasteiger partial charge in [0.1, 0.15) is 0 Å². The molecule has 3 aromatic heterocycles. The van der Waals surface area contributed by atoms with Crippen LogP contribution in [-0.4, -0.2) is 24.6 Å². The Morgan fingerprint density at radius 3 is 2.67 bits per heavy atom. The normalized spacial score (nSPS) is 20.0.